The van der Waals surface area contributed by atoms with Crippen LogP contribution in [0.5, 0.6) is 5.75 Å². The van der Waals surface area contributed by atoms with Gasteiger partial charge in [0.2, 0.25) is 0 Å². The van der Waals surface area contributed by atoms with Crippen molar-refractivity contribution >= 4 is 11.8 Å². The minimum absolute atomic E-state index is 0.286. The molecule has 0 radical (unpaired) electrons. The van der Waals surface area contributed by atoms with Crippen LogP contribution in [0.25, 0.3) is 0 Å². The van der Waals surface area contributed by atoms with E-state index >= 15 is 0 Å². The number of para-hydroxylation sites is 1. The van der Waals surface area contributed by atoms with E-state index in [0.717, 1.165) is 31.0 Å². The summed E-state index contributed by atoms with van der Waals surface area (Å²) in [6.07, 6.45) is 1.93. The molecule has 0 saturated carbocycles. The lowest BCUT2D eigenvalue weighted by Crippen LogP contribution is -2.03. The van der Waals surface area contributed by atoms with E-state index in [1.54, 1.807) is 0 Å². The predicted molar refractivity (Wildman–Crippen MR) is 70.2 cm³/mol. The van der Waals surface area contributed by atoms with Gasteiger partial charge in [0.1, 0.15) is 5.75 Å². The van der Waals surface area contributed by atoms with Gasteiger partial charge in [-0.2, -0.15) is 11.8 Å². The quantitative estimate of drug-likeness (QED) is 0.708. The Morgan fingerprint density at radius 3 is 2.75 bits per heavy atom. The first kappa shape index (κ1) is 13.4. The fraction of sp³-hybridized carbons (Fsp3) is 0.538. The summed E-state index contributed by atoms with van der Waals surface area (Å²) in [6.45, 7) is 3.20. The summed E-state index contributed by atoms with van der Waals surface area (Å²) in [6, 6.07) is 9.89. The lowest BCUT2D eigenvalue weighted by Gasteiger charge is -2.09. The van der Waals surface area contributed by atoms with Crippen LogP contribution >= 0.6 is 11.8 Å². The first-order chi connectivity index (χ1) is 7.83. The lowest BCUT2D eigenvalue weighted by atomic mass is 10.3. The van der Waals surface area contributed by atoms with Crippen molar-refractivity contribution in [1.82, 2.24) is 0 Å². The number of thioether (sulfide) groups is 1. The molecule has 16 heavy (non-hydrogen) atoms. The van der Waals surface area contributed by atoms with Gasteiger partial charge < -0.3 is 9.84 Å². The van der Waals surface area contributed by atoms with Crippen molar-refractivity contribution in [3.8, 4) is 5.75 Å². The maximum absolute atomic E-state index is 8.75. The molecule has 0 aliphatic rings. The third-order valence-corrected chi connectivity index (χ3v) is 3.57. The molecule has 1 aromatic rings. The highest BCUT2D eigenvalue weighted by molar-refractivity contribution is 7.99. The lowest BCUT2D eigenvalue weighted by molar-refractivity contribution is 0.288. The Kier molecular flexibility index (Phi) is 7.10. The van der Waals surface area contributed by atoms with Gasteiger partial charge >= 0.3 is 0 Å². The molecule has 0 spiro atoms. The zero-order chi connectivity index (χ0) is 11.6. The van der Waals surface area contributed by atoms with E-state index in [-0.39, 0.29) is 6.61 Å². The van der Waals surface area contributed by atoms with Crippen molar-refractivity contribution in [3.05, 3.63) is 30.3 Å². The summed E-state index contributed by atoms with van der Waals surface area (Å²) in [4.78, 5) is 0. The molecule has 1 atom stereocenters. The number of hydrogen-bond donors (Lipinski definition) is 1. The molecule has 2 nitrogen and oxygen atoms in total. The van der Waals surface area contributed by atoms with E-state index in [4.69, 9.17) is 9.84 Å². The second-order valence-electron chi connectivity index (χ2n) is 3.71. The maximum Gasteiger partial charge on any atom is 0.119 e. The Balaban J connectivity index is 2.00. The molecule has 3 heteroatoms. The Morgan fingerprint density at radius 1 is 1.31 bits per heavy atom. The van der Waals surface area contributed by atoms with Crippen molar-refractivity contribution in [2.24, 2.45) is 0 Å². The molecule has 0 saturated heterocycles. The Hall–Kier alpha value is -0.670. The highest BCUT2D eigenvalue weighted by atomic mass is 32.2. The molecule has 90 valence electrons. The number of ether oxygens (including phenoxy) is 1. The molecule has 0 amide bonds. The first-order valence-electron chi connectivity index (χ1n) is 5.73. The molecule has 1 rings (SSSR count). The fourth-order valence-electron chi connectivity index (χ4n) is 1.32. The monoisotopic (exact) mass is 240 g/mol. The largest absolute Gasteiger partial charge is 0.494 e. The number of hydrogen-bond acceptors (Lipinski definition) is 3. The predicted octanol–water partition coefficient (Wildman–Crippen LogP) is 2.96. The molecule has 1 unspecified atom stereocenters. The van der Waals surface area contributed by atoms with E-state index < -0.39 is 0 Å². The van der Waals surface area contributed by atoms with E-state index in [0.29, 0.717) is 5.25 Å². The molecule has 1 aromatic carbocycles. The van der Waals surface area contributed by atoms with Gasteiger partial charge in [-0.1, -0.05) is 25.1 Å². The van der Waals surface area contributed by atoms with Gasteiger partial charge in [0, 0.05) is 11.9 Å². The maximum atomic E-state index is 8.75. The zero-order valence-corrected chi connectivity index (χ0v) is 10.6. The summed E-state index contributed by atoms with van der Waals surface area (Å²) in [5.74, 6) is 2.03. The minimum Gasteiger partial charge on any atom is -0.494 e. The minimum atomic E-state index is 0.286. The van der Waals surface area contributed by atoms with E-state index in [2.05, 4.69) is 6.92 Å². The van der Waals surface area contributed by atoms with Gasteiger partial charge in [-0.15, -0.1) is 0 Å². The molecule has 0 fully saturated rings. The molecule has 0 heterocycles. The van der Waals surface area contributed by atoms with Crippen LogP contribution in [0.4, 0.5) is 0 Å². The van der Waals surface area contributed by atoms with Crippen LogP contribution in [0.15, 0.2) is 30.3 Å². The Morgan fingerprint density at radius 2 is 2.06 bits per heavy atom. The summed E-state index contributed by atoms with van der Waals surface area (Å²) in [5, 5.41) is 9.29. The highest BCUT2D eigenvalue weighted by Gasteiger charge is 2.00. The number of benzene rings is 1. The van der Waals surface area contributed by atoms with Crippen molar-refractivity contribution in [2.75, 3.05) is 19.0 Å². The van der Waals surface area contributed by atoms with Gasteiger partial charge in [-0.25, -0.2) is 0 Å². The standard InChI is InChI=1S/C13H20O2S/c1-12(8-9-14)16-11-5-10-15-13-6-3-2-4-7-13/h2-4,6-7,12,14H,5,8-11H2,1H3. The zero-order valence-electron chi connectivity index (χ0n) is 9.76. The molecule has 0 bridgehead atoms. The molecule has 0 aliphatic heterocycles. The summed E-state index contributed by atoms with van der Waals surface area (Å²) in [5.41, 5.74) is 0. The second kappa shape index (κ2) is 8.48. The SMILES string of the molecule is CC(CCO)SCCCOc1ccccc1. The molecular formula is C13H20O2S. The van der Waals surface area contributed by atoms with E-state index in [1.165, 1.54) is 0 Å². The third kappa shape index (κ3) is 6.03. The van der Waals surface area contributed by atoms with Crippen molar-refractivity contribution in [3.63, 3.8) is 0 Å². The highest BCUT2D eigenvalue weighted by Crippen LogP contribution is 2.15. The smallest absolute Gasteiger partial charge is 0.119 e. The van der Waals surface area contributed by atoms with E-state index in [9.17, 15) is 0 Å². The molecule has 0 aliphatic carbocycles. The van der Waals surface area contributed by atoms with Gasteiger partial charge in [-0.05, 0) is 30.7 Å². The normalized spacial score (nSPS) is 12.4. The summed E-state index contributed by atoms with van der Waals surface area (Å²) in [7, 11) is 0. The third-order valence-electron chi connectivity index (χ3n) is 2.24. The summed E-state index contributed by atoms with van der Waals surface area (Å²) >= 11 is 1.90. The van der Waals surface area contributed by atoms with Crippen LogP contribution in [0.1, 0.15) is 19.8 Å². The van der Waals surface area contributed by atoms with Gasteiger partial charge in [0.15, 0.2) is 0 Å². The van der Waals surface area contributed by atoms with Crippen molar-refractivity contribution < 1.29 is 9.84 Å². The van der Waals surface area contributed by atoms with Crippen LogP contribution < -0.4 is 4.74 Å². The topological polar surface area (TPSA) is 29.5 Å². The van der Waals surface area contributed by atoms with Crippen LogP contribution in [0, 0.1) is 0 Å². The van der Waals surface area contributed by atoms with Crippen LogP contribution in [-0.4, -0.2) is 29.3 Å². The Bertz CT molecular complexity index is 264. The van der Waals surface area contributed by atoms with Gasteiger partial charge in [0.05, 0.1) is 6.61 Å². The number of aliphatic hydroxyl groups excluding tert-OH is 1. The van der Waals surface area contributed by atoms with Crippen molar-refractivity contribution in [1.29, 1.82) is 0 Å². The van der Waals surface area contributed by atoms with Crippen LogP contribution in [0.2, 0.25) is 0 Å². The van der Waals surface area contributed by atoms with E-state index in [1.807, 2.05) is 42.1 Å². The Labute approximate surface area is 102 Å². The van der Waals surface area contributed by atoms with Crippen LogP contribution in [-0.2, 0) is 0 Å². The molecule has 1 N–H and O–H groups in total. The average molecular weight is 240 g/mol. The molecule has 0 aromatic heterocycles. The number of aliphatic hydroxyl groups is 1. The second-order valence-corrected chi connectivity index (χ2v) is 5.26. The van der Waals surface area contributed by atoms with Crippen molar-refractivity contribution in [2.45, 2.75) is 25.0 Å². The van der Waals surface area contributed by atoms with Gasteiger partial charge in [0.25, 0.3) is 0 Å². The van der Waals surface area contributed by atoms with Crippen LogP contribution in [0.3, 0.4) is 0 Å². The van der Waals surface area contributed by atoms with Gasteiger partial charge in [-0.3, -0.25) is 0 Å². The first-order valence-corrected chi connectivity index (χ1v) is 6.78. The summed E-state index contributed by atoms with van der Waals surface area (Å²) < 4.78 is 5.59. The molecular weight excluding hydrogens is 220 g/mol. The number of rotatable bonds is 8. The fourth-order valence-corrected chi connectivity index (χ4v) is 2.27. The average Bonchev–Trinajstić information content (AvgIpc) is 2.30.